The van der Waals surface area contributed by atoms with E-state index in [-0.39, 0.29) is 5.91 Å². The smallest absolute Gasteiger partial charge is 0.251 e. The van der Waals surface area contributed by atoms with Crippen LogP contribution in [0.1, 0.15) is 15.9 Å². The van der Waals surface area contributed by atoms with E-state index in [1.165, 1.54) is 30.1 Å². The summed E-state index contributed by atoms with van der Waals surface area (Å²) in [7, 11) is 0. The molecule has 4 nitrogen and oxygen atoms in total. The molecule has 0 aliphatic carbocycles. The van der Waals surface area contributed by atoms with Gasteiger partial charge in [0, 0.05) is 30.2 Å². The van der Waals surface area contributed by atoms with Crippen LogP contribution in [0.15, 0.2) is 54.9 Å². The summed E-state index contributed by atoms with van der Waals surface area (Å²) >= 11 is 1.78. The minimum Gasteiger partial charge on any atom is -0.619 e. The highest BCUT2D eigenvalue weighted by Crippen LogP contribution is 2.10. The highest BCUT2D eigenvalue weighted by molar-refractivity contribution is 7.98. The van der Waals surface area contributed by atoms with Gasteiger partial charge in [-0.05, 0) is 5.56 Å². The van der Waals surface area contributed by atoms with Crippen LogP contribution in [0.4, 0.5) is 0 Å². The van der Waals surface area contributed by atoms with Crippen molar-refractivity contribution in [2.24, 2.45) is 0 Å². The van der Waals surface area contributed by atoms with Crippen molar-refractivity contribution < 1.29 is 9.52 Å². The van der Waals surface area contributed by atoms with Crippen LogP contribution in [0, 0.1) is 5.21 Å². The Bertz CT molecular complexity index is 544. The van der Waals surface area contributed by atoms with Gasteiger partial charge in [-0.3, -0.25) is 4.79 Å². The van der Waals surface area contributed by atoms with Gasteiger partial charge >= 0.3 is 0 Å². The van der Waals surface area contributed by atoms with E-state index in [0.29, 0.717) is 16.8 Å². The number of amides is 1. The standard InChI is InChI=1S/C15H16N2O2S/c18-15(14-6-9-17(19)10-7-14)16-8-11-20-12-13-4-2-1-3-5-13/h1-7,9-10H,8,11-12H2,(H,16,18). The SMILES string of the molecule is O=C(NCCSCc1ccccc1)c1cc[n+]([O-])cc1. The predicted molar refractivity (Wildman–Crippen MR) is 80.3 cm³/mol. The van der Waals surface area contributed by atoms with Crippen LogP contribution in [0.5, 0.6) is 0 Å². The minimum atomic E-state index is -0.147. The Kier molecular flexibility index (Phi) is 5.43. The minimum absolute atomic E-state index is 0.147. The van der Waals surface area contributed by atoms with E-state index in [0.717, 1.165) is 11.5 Å². The molecular weight excluding hydrogens is 272 g/mol. The Morgan fingerprint density at radius 1 is 1.15 bits per heavy atom. The van der Waals surface area contributed by atoms with Gasteiger partial charge in [0.15, 0.2) is 12.4 Å². The molecule has 104 valence electrons. The molecule has 0 aliphatic heterocycles. The Labute approximate surface area is 122 Å². The van der Waals surface area contributed by atoms with Gasteiger partial charge in [0.2, 0.25) is 0 Å². The van der Waals surface area contributed by atoms with Crippen molar-refractivity contribution in [3.63, 3.8) is 0 Å². The molecular formula is C15H16N2O2S. The summed E-state index contributed by atoms with van der Waals surface area (Å²) in [6, 6.07) is 13.3. The number of rotatable bonds is 6. The van der Waals surface area contributed by atoms with Crippen molar-refractivity contribution in [1.29, 1.82) is 0 Å². The number of hydrogen-bond acceptors (Lipinski definition) is 3. The van der Waals surface area contributed by atoms with Crippen molar-refractivity contribution in [1.82, 2.24) is 5.32 Å². The number of carbonyl (C=O) groups excluding carboxylic acids is 1. The van der Waals surface area contributed by atoms with Gasteiger partial charge < -0.3 is 10.5 Å². The number of thioether (sulfide) groups is 1. The Balaban J connectivity index is 1.66. The lowest BCUT2D eigenvalue weighted by molar-refractivity contribution is -0.605. The van der Waals surface area contributed by atoms with Crippen LogP contribution in [0.25, 0.3) is 0 Å². The van der Waals surface area contributed by atoms with E-state index in [1.54, 1.807) is 11.8 Å². The van der Waals surface area contributed by atoms with Crippen molar-refractivity contribution in [2.75, 3.05) is 12.3 Å². The van der Waals surface area contributed by atoms with Gasteiger partial charge in [0.1, 0.15) is 0 Å². The number of hydrogen-bond donors (Lipinski definition) is 1. The zero-order valence-electron chi connectivity index (χ0n) is 11.0. The van der Waals surface area contributed by atoms with E-state index < -0.39 is 0 Å². The van der Waals surface area contributed by atoms with Gasteiger partial charge in [-0.15, -0.1) is 0 Å². The second kappa shape index (κ2) is 7.55. The first-order chi connectivity index (χ1) is 9.75. The van der Waals surface area contributed by atoms with Gasteiger partial charge in [-0.1, -0.05) is 30.3 Å². The third-order valence-corrected chi connectivity index (χ3v) is 3.74. The molecule has 0 saturated heterocycles. The maximum atomic E-state index is 11.8. The lowest BCUT2D eigenvalue weighted by atomic mass is 10.2. The number of nitrogens with one attached hydrogen (secondary N) is 1. The second-order valence-electron chi connectivity index (χ2n) is 4.24. The van der Waals surface area contributed by atoms with Crippen LogP contribution < -0.4 is 10.0 Å². The van der Waals surface area contributed by atoms with E-state index in [2.05, 4.69) is 17.4 Å². The molecule has 2 aromatic rings. The first-order valence-corrected chi connectivity index (χ1v) is 7.50. The second-order valence-corrected chi connectivity index (χ2v) is 5.35. The maximum absolute atomic E-state index is 11.8. The summed E-state index contributed by atoms with van der Waals surface area (Å²) in [6.07, 6.45) is 2.64. The van der Waals surface area contributed by atoms with Crippen LogP contribution >= 0.6 is 11.8 Å². The molecule has 0 spiro atoms. The monoisotopic (exact) mass is 288 g/mol. The van der Waals surface area contributed by atoms with Crippen molar-refractivity contribution in [2.45, 2.75) is 5.75 Å². The third kappa shape index (κ3) is 4.59. The van der Waals surface area contributed by atoms with Crippen LogP contribution in [0.2, 0.25) is 0 Å². The Hall–Kier alpha value is -2.01. The zero-order valence-corrected chi connectivity index (χ0v) is 11.8. The zero-order chi connectivity index (χ0) is 14.2. The van der Waals surface area contributed by atoms with Gasteiger partial charge in [0.05, 0.1) is 5.56 Å². The fourth-order valence-corrected chi connectivity index (χ4v) is 2.49. The summed E-state index contributed by atoms with van der Waals surface area (Å²) < 4.78 is 0.659. The van der Waals surface area contributed by atoms with E-state index >= 15 is 0 Å². The molecule has 1 amide bonds. The van der Waals surface area contributed by atoms with Crippen LogP contribution in [-0.2, 0) is 5.75 Å². The molecule has 0 fully saturated rings. The molecule has 20 heavy (non-hydrogen) atoms. The fourth-order valence-electron chi connectivity index (χ4n) is 1.67. The van der Waals surface area contributed by atoms with E-state index in [1.807, 2.05) is 18.2 Å². The molecule has 0 bridgehead atoms. The quantitative estimate of drug-likeness (QED) is 0.502. The van der Waals surface area contributed by atoms with Crippen molar-refractivity contribution in [3.05, 3.63) is 71.2 Å². The lowest BCUT2D eigenvalue weighted by Crippen LogP contribution is -2.28. The van der Waals surface area contributed by atoms with Crippen molar-refractivity contribution >= 4 is 17.7 Å². The first-order valence-electron chi connectivity index (χ1n) is 6.34. The molecule has 2 rings (SSSR count). The van der Waals surface area contributed by atoms with E-state index in [4.69, 9.17) is 0 Å². The highest BCUT2D eigenvalue weighted by Gasteiger charge is 2.05. The van der Waals surface area contributed by atoms with Crippen LogP contribution in [-0.4, -0.2) is 18.2 Å². The molecule has 1 aromatic carbocycles. The van der Waals surface area contributed by atoms with Crippen molar-refractivity contribution in [3.8, 4) is 0 Å². The summed E-state index contributed by atoms with van der Waals surface area (Å²) in [5, 5.41) is 13.7. The Morgan fingerprint density at radius 3 is 2.55 bits per heavy atom. The molecule has 0 aliphatic rings. The lowest BCUT2D eigenvalue weighted by Gasteiger charge is -2.05. The number of benzene rings is 1. The number of pyridine rings is 1. The van der Waals surface area contributed by atoms with E-state index in [9.17, 15) is 10.0 Å². The molecule has 1 N–H and O–H groups in total. The summed E-state index contributed by atoms with van der Waals surface area (Å²) in [4.78, 5) is 11.8. The number of carbonyl (C=O) groups is 1. The molecule has 0 radical (unpaired) electrons. The van der Waals surface area contributed by atoms with Gasteiger partial charge in [-0.25, -0.2) is 0 Å². The van der Waals surface area contributed by atoms with Crippen LogP contribution in [0.3, 0.4) is 0 Å². The average Bonchev–Trinajstić information content (AvgIpc) is 2.48. The summed E-state index contributed by atoms with van der Waals surface area (Å²) in [6.45, 7) is 0.614. The predicted octanol–water partition coefficient (Wildman–Crippen LogP) is 1.98. The number of aromatic nitrogens is 1. The number of nitrogens with zero attached hydrogens (tertiary/aromatic N) is 1. The molecule has 0 atom stereocenters. The summed E-state index contributed by atoms with van der Waals surface area (Å²) in [5.41, 5.74) is 1.79. The molecule has 1 heterocycles. The molecule has 1 aromatic heterocycles. The highest BCUT2D eigenvalue weighted by atomic mass is 32.2. The largest absolute Gasteiger partial charge is 0.619 e. The average molecular weight is 288 g/mol. The first kappa shape index (κ1) is 14.4. The fraction of sp³-hybridized carbons (Fsp3) is 0.200. The normalized spacial score (nSPS) is 10.2. The third-order valence-electron chi connectivity index (χ3n) is 2.71. The topological polar surface area (TPSA) is 56.0 Å². The van der Waals surface area contributed by atoms with Gasteiger partial charge in [-0.2, -0.15) is 16.5 Å². The molecule has 0 unspecified atom stereocenters. The maximum Gasteiger partial charge on any atom is 0.251 e. The van der Waals surface area contributed by atoms with Gasteiger partial charge in [0.25, 0.3) is 5.91 Å². The summed E-state index contributed by atoms with van der Waals surface area (Å²) in [5.74, 6) is 1.65. The molecule has 5 heteroatoms. The molecule has 0 saturated carbocycles. The Morgan fingerprint density at radius 2 is 1.85 bits per heavy atom.